The normalized spacial score (nSPS) is 11.6. The van der Waals surface area contributed by atoms with E-state index in [1.165, 1.54) is 10.8 Å². The lowest BCUT2D eigenvalue weighted by atomic mass is 9.95. The fourth-order valence-electron chi connectivity index (χ4n) is 8.27. The summed E-state index contributed by atoms with van der Waals surface area (Å²) < 4.78 is 13.1. The molecule has 0 N–H and O–H groups in total. The summed E-state index contributed by atoms with van der Waals surface area (Å²) in [4.78, 5) is 2.38. The van der Waals surface area contributed by atoms with Crippen molar-refractivity contribution in [2.75, 3.05) is 4.90 Å². The number of furan rings is 2. The summed E-state index contributed by atoms with van der Waals surface area (Å²) in [5.74, 6) is 0. The number of rotatable bonds is 6. The first kappa shape index (κ1) is 31.2. The molecule has 0 fully saturated rings. The first-order chi connectivity index (χ1) is 27.3. The Labute approximate surface area is 317 Å². The third kappa shape index (κ3) is 5.20. The van der Waals surface area contributed by atoms with Crippen LogP contribution in [0.4, 0.5) is 17.1 Å². The fraction of sp³-hybridized carbons (Fsp3) is 0. The molecule has 2 heterocycles. The van der Waals surface area contributed by atoms with Crippen LogP contribution >= 0.6 is 0 Å². The van der Waals surface area contributed by atoms with Crippen LogP contribution in [0.15, 0.2) is 209 Å². The maximum absolute atomic E-state index is 6.77. The van der Waals surface area contributed by atoms with Gasteiger partial charge in [-0.3, -0.25) is 0 Å². The van der Waals surface area contributed by atoms with E-state index in [4.69, 9.17) is 8.83 Å². The molecule has 11 rings (SSSR count). The molecule has 2 aromatic heterocycles. The quantitative estimate of drug-likeness (QED) is 0.173. The first-order valence-corrected chi connectivity index (χ1v) is 18.7. The van der Waals surface area contributed by atoms with Crippen molar-refractivity contribution in [3.8, 4) is 33.4 Å². The van der Waals surface area contributed by atoms with Crippen molar-refractivity contribution in [3.63, 3.8) is 0 Å². The summed E-state index contributed by atoms with van der Waals surface area (Å²) in [5, 5.41) is 6.84. The average Bonchev–Trinajstić information content (AvgIpc) is 3.83. The van der Waals surface area contributed by atoms with Crippen LogP contribution in [0.2, 0.25) is 0 Å². The van der Waals surface area contributed by atoms with Crippen molar-refractivity contribution < 1.29 is 8.83 Å². The molecule has 0 unspecified atom stereocenters. The molecule has 0 spiro atoms. The molecule has 0 radical (unpaired) electrons. The lowest BCUT2D eigenvalue weighted by Gasteiger charge is -2.29. The standard InChI is InChI=1S/C52H33NO2/c1-2-14-35(15-3-1)41-30-29-38(37-28-27-34-13-4-5-16-36(34)31-37)33-47(41)53(46-23-11-22-44-43-19-6-8-24-48(43)55-52(44)46)40-18-10-17-39(32-40)42-21-12-26-50-51(42)45-20-7-9-25-49(45)54-50/h1-33H. The Bertz CT molecular complexity index is 3220. The number of hydrogen-bond acceptors (Lipinski definition) is 3. The van der Waals surface area contributed by atoms with E-state index in [2.05, 4.69) is 187 Å². The molecule has 0 saturated heterocycles. The van der Waals surface area contributed by atoms with Gasteiger partial charge in [-0.05, 0) is 87.1 Å². The summed E-state index contributed by atoms with van der Waals surface area (Å²) in [7, 11) is 0. The Kier molecular flexibility index (Phi) is 7.17. The lowest BCUT2D eigenvalue weighted by Crippen LogP contribution is -2.12. The summed E-state index contributed by atoms with van der Waals surface area (Å²) in [6, 6.07) is 71.1. The van der Waals surface area contributed by atoms with E-state index < -0.39 is 0 Å². The predicted molar refractivity (Wildman–Crippen MR) is 229 cm³/mol. The Morgan fingerprint density at radius 3 is 1.87 bits per heavy atom. The van der Waals surface area contributed by atoms with Crippen LogP contribution in [0.1, 0.15) is 0 Å². The minimum atomic E-state index is 0.840. The zero-order valence-corrected chi connectivity index (χ0v) is 29.8. The Morgan fingerprint density at radius 2 is 0.982 bits per heavy atom. The van der Waals surface area contributed by atoms with Gasteiger partial charge in [-0.25, -0.2) is 0 Å². The Hall–Kier alpha value is -7.36. The monoisotopic (exact) mass is 703 g/mol. The van der Waals surface area contributed by atoms with Crippen molar-refractivity contribution in [3.05, 3.63) is 200 Å². The molecule has 0 atom stereocenters. The van der Waals surface area contributed by atoms with Gasteiger partial charge in [0.25, 0.3) is 0 Å². The second-order valence-corrected chi connectivity index (χ2v) is 14.1. The smallest absolute Gasteiger partial charge is 0.159 e. The van der Waals surface area contributed by atoms with Crippen LogP contribution in [-0.2, 0) is 0 Å². The van der Waals surface area contributed by atoms with Gasteiger partial charge >= 0.3 is 0 Å². The van der Waals surface area contributed by atoms with Gasteiger partial charge in [0.2, 0.25) is 0 Å². The molecule has 0 saturated carbocycles. The molecule has 0 aliphatic rings. The number of hydrogen-bond donors (Lipinski definition) is 0. The van der Waals surface area contributed by atoms with Crippen LogP contribution in [0.25, 0.3) is 88.0 Å². The van der Waals surface area contributed by atoms with Gasteiger partial charge in [0, 0.05) is 32.8 Å². The number of para-hydroxylation sites is 3. The number of benzene rings is 9. The third-order valence-corrected chi connectivity index (χ3v) is 10.8. The Morgan fingerprint density at radius 1 is 0.327 bits per heavy atom. The van der Waals surface area contributed by atoms with Gasteiger partial charge in [0.15, 0.2) is 5.58 Å². The van der Waals surface area contributed by atoms with E-state index >= 15 is 0 Å². The SMILES string of the molecule is c1ccc(-c2ccc(-c3ccc4ccccc4c3)cc2N(c2cccc(-c3cccc4oc5ccccc5c34)c2)c2cccc3c2oc2ccccc23)cc1. The van der Waals surface area contributed by atoms with Crippen molar-refractivity contribution in [2.45, 2.75) is 0 Å². The zero-order valence-electron chi connectivity index (χ0n) is 29.8. The van der Waals surface area contributed by atoms with Gasteiger partial charge in [-0.1, -0.05) is 152 Å². The van der Waals surface area contributed by atoms with E-state index in [9.17, 15) is 0 Å². The molecule has 11 aromatic rings. The van der Waals surface area contributed by atoms with Crippen LogP contribution in [0.5, 0.6) is 0 Å². The van der Waals surface area contributed by atoms with Crippen LogP contribution < -0.4 is 4.90 Å². The topological polar surface area (TPSA) is 29.5 Å². The predicted octanol–water partition coefficient (Wildman–Crippen LogP) is 15.1. The van der Waals surface area contributed by atoms with Crippen molar-refractivity contribution in [1.29, 1.82) is 0 Å². The largest absolute Gasteiger partial charge is 0.456 e. The first-order valence-electron chi connectivity index (χ1n) is 18.7. The molecular weight excluding hydrogens is 671 g/mol. The summed E-state index contributed by atoms with van der Waals surface area (Å²) >= 11 is 0. The number of anilines is 3. The highest BCUT2D eigenvalue weighted by Gasteiger charge is 2.24. The van der Waals surface area contributed by atoms with Crippen LogP contribution in [-0.4, -0.2) is 0 Å². The number of fused-ring (bicyclic) bond motifs is 7. The molecule has 0 amide bonds. The highest BCUT2D eigenvalue weighted by Crippen LogP contribution is 2.48. The van der Waals surface area contributed by atoms with E-state index in [1.54, 1.807) is 0 Å². The lowest BCUT2D eigenvalue weighted by molar-refractivity contribution is 0.668. The maximum atomic E-state index is 6.77. The van der Waals surface area contributed by atoms with Gasteiger partial charge in [0.05, 0.1) is 11.4 Å². The zero-order chi connectivity index (χ0) is 36.3. The molecule has 3 nitrogen and oxygen atoms in total. The van der Waals surface area contributed by atoms with Crippen molar-refractivity contribution in [1.82, 2.24) is 0 Å². The van der Waals surface area contributed by atoms with Crippen molar-refractivity contribution >= 4 is 71.7 Å². The second kappa shape index (κ2) is 12.6. The minimum absolute atomic E-state index is 0.840. The van der Waals surface area contributed by atoms with E-state index in [-0.39, 0.29) is 0 Å². The second-order valence-electron chi connectivity index (χ2n) is 14.1. The molecule has 0 aliphatic heterocycles. The molecule has 3 heteroatoms. The van der Waals surface area contributed by atoms with Gasteiger partial charge in [-0.2, -0.15) is 0 Å². The molecule has 55 heavy (non-hydrogen) atoms. The van der Waals surface area contributed by atoms with Crippen LogP contribution in [0.3, 0.4) is 0 Å². The van der Waals surface area contributed by atoms with Gasteiger partial charge in [0.1, 0.15) is 16.7 Å². The van der Waals surface area contributed by atoms with E-state index in [1.807, 2.05) is 18.2 Å². The summed E-state index contributed by atoms with van der Waals surface area (Å²) in [6.07, 6.45) is 0. The van der Waals surface area contributed by atoms with Gasteiger partial charge < -0.3 is 13.7 Å². The summed E-state index contributed by atoms with van der Waals surface area (Å²) in [6.45, 7) is 0. The van der Waals surface area contributed by atoms with Crippen molar-refractivity contribution in [2.24, 2.45) is 0 Å². The molecular formula is C52H33NO2. The Balaban J connectivity index is 1.20. The van der Waals surface area contributed by atoms with E-state index in [0.29, 0.717) is 0 Å². The average molecular weight is 704 g/mol. The van der Waals surface area contributed by atoms with E-state index in [0.717, 1.165) is 94.3 Å². The van der Waals surface area contributed by atoms with Crippen LogP contribution in [0, 0.1) is 0 Å². The molecule has 9 aromatic carbocycles. The maximum Gasteiger partial charge on any atom is 0.159 e. The molecule has 0 bridgehead atoms. The third-order valence-electron chi connectivity index (χ3n) is 10.8. The number of nitrogens with zero attached hydrogens (tertiary/aromatic N) is 1. The molecule has 258 valence electrons. The highest BCUT2D eigenvalue weighted by atomic mass is 16.3. The highest BCUT2D eigenvalue weighted by molar-refractivity contribution is 6.13. The fourth-order valence-corrected chi connectivity index (χ4v) is 8.27. The molecule has 0 aliphatic carbocycles. The summed E-state index contributed by atoms with van der Waals surface area (Å²) in [5.41, 5.74) is 13.3. The minimum Gasteiger partial charge on any atom is -0.456 e. The van der Waals surface area contributed by atoms with Gasteiger partial charge in [-0.15, -0.1) is 0 Å².